The van der Waals surface area contributed by atoms with E-state index in [1.165, 1.54) is 154 Å². The highest BCUT2D eigenvalue weighted by Gasteiger charge is 2.02. The summed E-state index contributed by atoms with van der Waals surface area (Å²) in [5.74, 6) is -0.0846. The number of hydrogen-bond acceptors (Lipinski definition) is 3. The normalized spacial score (nSPS) is 11.3. The van der Waals surface area contributed by atoms with Crippen LogP contribution in [0.5, 0.6) is 0 Å². The largest absolute Gasteiger partial charge is 0.371 e. The van der Waals surface area contributed by atoms with Crippen LogP contribution in [0.15, 0.2) is 0 Å². The second-order valence-electron chi connectivity index (χ2n) is 11.0. The first-order chi connectivity index (χ1) is 17.3. The van der Waals surface area contributed by atoms with E-state index in [1.54, 1.807) is 0 Å². The fourth-order valence-corrected chi connectivity index (χ4v) is 4.86. The molecule has 0 amide bonds. The number of carbonyl (C=O) groups is 1. The first-order valence-corrected chi connectivity index (χ1v) is 16.2. The summed E-state index contributed by atoms with van der Waals surface area (Å²) in [7, 11) is 0. The van der Waals surface area contributed by atoms with Crippen molar-refractivity contribution in [3.63, 3.8) is 0 Å². The maximum absolute atomic E-state index is 11.8. The van der Waals surface area contributed by atoms with Gasteiger partial charge in [-0.05, 0) is 12.8 Å². The minimum atomic E-state index is -0.0846. The van der Waals surface area contributed by atoms with E-state index in [9.17, 15) is 4.79 Å². The zero-order valence-electron chi connectivity index (χ0n) is 24.3. The molecule has 0 radical (unpaired) electrons. The van der Waals surface area contributed by atoms with Crippen molar-refractivity contribution in [3.05, 3.63) is 0 Å². The Morgan fingerprint density at radius 3 is 1.06 bits per heavy atom. The van der Waals surface area contributed by atoms with Gasteiger partial charge in [-0.25, -0.2) is 0 Å². The second kappa shape index (κ2) is 31.5. The Morgan fingerprint density at radius 2 is 0.714 bits per heavy atom. The molecule has 0 aromatic carbocycles. The third-order valence-corrected chi connectivity index (χ3v) is 7.30. The average molecular weight is 496 g/mol. The van der Waals surface area contributed by atoms with Crippen molar-refractivity contribution in [1.82, 2.24) is 5.48 Å². The Bertz CT molecular complexity index is 399. The van der Waals surface area contributed by atoms with E-state index >= 15 is 0 Å². The molecule has 0 saturated heterocycles. The number of hydroxylamine groups is 1. The Labute approximate surface area is 221 Å². The summed E-state index contributed by atoms with van der Waals surface area (Å²) in [6.45, 7) is 5.36. The van der Waals surface area contributed by atoms with Crippen molar-refractivity contribution in [2.45, 2.75) is 194 Å². The lowest BCUT2D eigenvalue weighted by Crippen LogP contribution is -2.20. The SMILES string of the molecule is CCCCCCCCCCCCCCCCCC(=O)ONCCCCCCCCCCCCCC. The molecule has 0 atom stereocenters. The quantitative estimate of drug-likeness (QED) is 0.0795. The standard InChI is InChI=1S/C32H65NO2/c1-3-5-7-9-11-13-15-17-18-19-20-22-24-26-28-30-32(34)35-33-31-29-27-25-23-21-16-14-12-10-8-6-4-2/h33H,3-31H2,1-2H3. The molecule has 0 aromatic rings. The number of carbonyl (C=O) groups excluding carboxylic acids is 1. The molecule has 0 aliphatic heterocycles. The van der Waals surface area contributed by atoms with Gasteiger partial charge in [0.1, 0.15) is 0 Å². The van der Waals surface area contributed by atoms with Crippen LogP contribution in [0.3, 0.4) is 0 Å². The first-order valence-electron chi connectivity index (χ1n) is 16.2. The number of rotatable bonds is 30. The molecule has 0 aliphatic rings. The molecule has 3 heteroatoms. The zero-order chi connectivity index (χ0) is 25.5. The lowest BCUT2D eigenvalue weighted by molar-refractivity contribution is -0.151. The number of nitrogens with one attached hydrogen (secondary N) is 1. The molecule has 1 N–H and O–H groups in total. The van der Waals surface area contributed by atoms with Gasteiger partial charge in [-0.2, -0.15) is 5.48 Å². The minimum absolute atomic E-state index is 0.0846. The summed E-state index contributed by atoms with van der Waals surface area (Å²) in [6.07, 6.45) is 37.0. The van der Waals surface area contributed by atoms with E-state index in [0.717, 1.165) is 25.8 Å². The highest BCUT2D eigenvalue weighted by molar-refractivity contribution is 5.68. The van der Waals surface area contributed by atoms with Crippen molar-refractivity contribution in [2.75, 3.05) is 6.54 Å². The molecule has 0 rings (SSSR count). The molecule has 0 aliphatic carbocycles. The molecule has 0 saturated carbocycles. The van der Waals surface area contributed by atoms with E-state index in [0.29, 0.717) is 6.42 Å². The van der Waals surface area contributed by atoms with Gasteiger partial charge in [0, 0.05) is 13.0 Å². The highest BCUT2D eigenvalue weighted by atomic mass is 16.7. The number of hydrogen-bond donors (Lipinski definition) is 1. The van der Waals surface area contributed by atoms with Crippen LogP contribution >= 0.6 is 0 Å². The molecule has 0 spiro atoms. The zero-order valence-corrected chi connectivity index (χ0v) is 24.3. The second-order valence-corrected chi connectivity index (χ2v) is 11.0. The van der Waals surface area contributed by atoms with Gasteiger partial charge in [-0.15, -0.1) is 0 Å². The third-order valence-electron chi connectivity index (χ3n) is 7.30. The Morgan fingerprint density at radius 1 is 0.429 bits per heavy atom. The molecule has 0 fully saturated rings. The molecule has 35 heavy (non-hydrogen) atoms. The summed E-state index contributed by atoms with van der Waals surface area (Å²) in [5.41, 5.74) is 2.87. The van der Waals surface area contributed by atoms with Crippen molar-refractivity contribution < 1.29 is 9.63 Å². The van der Waals surface area contributed by atoms with Crippen LogP contribution in [0.1, 0.15) is 194 Å². The molecule has 210 valence electrons. The maximum Gasteiger partial charge on any atom is 0.324 e. The van der Waals surface area contributed by atoms with Crippen molar-refractivity contribution in [2.24, 2.45) is 0 Å². The lowest BCUT2D eigenvalue weighted by atomic mass is 10.0. The van der Waals surface area contributed by atoms with Gasteiger partial charge >= 0.3 is 5.97 Å². The molecular weight excluding hydrogens is 430 g/mol. The summed E-state index contributed by atoms with van der Waals surface area (Å²) in [5, 5.41) is 0. The topological polar surface area (TPSA) is 38.3 Å². The monoisotopic (exact) mass is 496 g/mol. The van der Waals surface area contributed by atoms with Crippen LogP contribution in [0, 0.1) is 0 Å². The molecular formula is C32H65NO2. The Kier molecular flexibility index (Phi) is 30.9. The van der Waals surface area contributed by atoms with Crippen molar-refractivity contribution >= 4 is 5.97 Å². The van der Waals surface area contributed by atoms with Crippen molar-refractivity contribution in [3.8, 4) is 0 Å². The van der Waals surface area contributed by atoms with E-state index in [-0.39, 0.29) is 5.97 Å². The molecule has 0 aromatic heterocycles. The maximum atomic E-state index is 11.8. The summed E-state index contributed by atoms with van der Waals surface area (Å²) >= 11 is 0. The summed E-state index contributed by atoms with van der Waals surface area (Å²) < 4.78 is 0. The molecule has 3 nitrogen and oxygen atoms in total. The van der Waals surface area contributed by atoms with Gasteiger partial charge < -0.3 is 4.84 Å². The lowest BCUT2D eigenvalue weighted by Gasteiger charge is -2.06. The first kappa shape index (κ1) is 34.4. The van der Waals surface area contributed by atoms with E-state index in [4.69, 9.17) is 4.84 Å². The van der Waals surface area contributed by atoms with Gasteiger partial charge in [-0.3, -0.25) is 4.79 Å². The highest BCUT2D eigenvalue weighted by Crippen LogP contribution is 2.14. The fraction of sp³-hybridized carbons (Fsp3) is 0.969. The van der Waals surface area contributed by atoms with Gasteiger partial charge in [0.15, 0.2) is 0 Å². The van der Waals surface area contributed by atoms with Gasteiger partial charge in [0.2, 0.25) is 0 Å². The predicted octanol–water partition coefficient (Wildman–Crippen LogP) is 11.0. The summed E-state index contributed by atoms with van der Waals surface area (Å²) in [4.78, 5) is 17.0. The smallest absolute Gasteiger partial charge is 0.324 e. The van der Waals surface area contributed by atoms with E-state index in [1.807, 2.05) is 0 Å². The Hall–Kier alpha value is -0.570. The van der Waals surface area contributed by atoms with Gasteiger partial charge in [0.25, 0.3) is 0 Å². The molecule has 0 heterocycles. The van der Waals surface area contributed by atoms with Gasteiger partial charge in [0.05, 0.1) is 0 Å². The molecule has 0 unspecified atom stereocenters. The van der Waals surface area contributed by atoms with Crippen LogP contribution < -0.4 is 5.48 Å². The predicted molar refractivity (Wildman–Crippen MR) is 155 cm³/mol. The van der Waals surface area contributed by atoms with Gasteiger partial charge in [-0.1, -0.05) is 174 Å². The van der Waals surface area contributed by atoms with Crippen LogP contribution in [-0.4, -0.2) is 12.5 Å². The third kappa shape index (κ3) is 31.4. The summed E-state index contributed by atoms with van der Waals surface area (Å²) in [6, 6.07) is 0. The van der Waals surface area contributed by atoms with Crippen LogP contribution in [0.4, 0.5) is 0 Å². The average Bonchev–Trinajstić information content (AvgIpc) is 2.86. The van der Waals surface area contributed by atoms with E-state index < -0.39 is 0 Å². The fourth-order valence-electron chi connectivity index (χ4n) is 4.86. The minimum Gasteiger partial charge on any atom is -0.371 e. The van der Waals surface area contributed by atoms with Crippen LogP contribution in [0.2, 0.25) is 0 Å². The van der Waals surface area contributed by atoms with Crippen LogP contribution in [0.25, 0.3) is 0 Å². The molecule has 0 bridgehead atoms. The van der Waals surface area contributed by atoms with Crippen LogP contribution in [-0.2, 0) is 9.63 Å². The Balaban J connectivity index is 3.14. The van der Waals surface area contributed by atoms with E-state index in [2.05, 4.69) is 19.3 Å². The number of unbranched alkanes of at least 4 members (excludes halogenated alkanes) is 25. The van der Waals surface area contributed by atoms with Crippen molar-refractivity contribution in [1.29, 1.82) is 0 Å².